The van der Waals surface area contributed by atoms with E-state index in [0.717, 1.165) is 12.8 Å². The van der Waals surface area contributed by atoms with Crippen LogP contribution in [0.25, 0.3) is 0 Å². The van der Waals surface area contributed by atoms with Crippen LogP contribution in [0.1, 0.15) is 59.1 Å². The Hall–Kier alpha value is -2.37. The Kier molecular flexibility index (Phi) is 5.13. The molecular formula is C22H22ClNO4. The van der Waals surface area contributed by atoms with Gasteiger partial charge in [0, 0.05) is 10.6 Å². The Morgan fingerprint density at radius 1 is 1.04 bits per heavy atom. The molecule has 2 aromatic carbocycles. The first-order valence-electron chi connectivity index (χ1n) is 9.57. The third kappa shape index (κ3) is 3.19. The maximum Gasteiger partial charge on any atom is 0.313 e. The Labute approximate surface area is 168 Å². The first-order chi connectivity index (χ1) is 13.5. The number of carboxylic acid groups (broad SMARTS) is 1. The van der Waals surface area contributed by atoms with E-state index in [4.69, 9.17) is 11.6 Å². The number of benzene rings is 2. The standard InChI is InChI=1S/C22H22ClNO4/c23-14-11-9-13(10-12-14)20-19(22(27)28)15-5-1-2-6-16(15)21(26)24(20)17-7-3-4-8-18(17)25/h1-2,5-6,9-12,17-20,25H,3-4,7-8H2,(H,27,28)/t17-,18-,19+,20-/m0/s1. The molecule has 0 bridgehead atoms. The molecular weight excluding hydrogens is 378 g/mol. The van der Waals surface area contributed by atoms with E-state index in [2.05, 4.69) is 0 Å². The number of halogens is 1. The zero-order valence-corrected chi connectivity index (χ0v) is 16.0. The second-order valence-electron chi connectivity index (χ2n) is 7.53. The Morgan fingerprint density at radius 2 is 1.71 bits per heavy atom. The maximum absolute atomic E-state index is 13.5. The second-order valence-corrected chi connectivity index (χ2v) is 7.97. The first-order valence-corrected chi connectivity index (χ1v) is 9.94. The summed E-state index contributed by atoms with van der Waals surface area (Å²) in [7, 11) is 0. The molecule has 1 saturated carbocycles. The molecule has 4 rings (SSSR count). The smallest absolute Gasteiger partial charge is 0.313 e. The van der Waals surface area contributed by atoms with Crippen LogP contribution in [-0.2, 0) is 4.79 Å². The fourth-order valence-corrected chi connectivity index (χ4v) is 4.74. The van der Waals surface area contributed by atoms with Crippen molar-refractivity contribution in [1.29, 1.82) is 0 Å². The minimum atomic E-state index is -0.991. The molecule has 0 radical (unpaired) electrons. The van der Waals surface area contributed by atoms with Crippen LogP contribution in [0.4, 0.5) is 0 Å². The molecule has 1 fully saturated rings. The molecule has 6 heteroatoms. The van der Waals surface area contributed by atoms with E-state index < -0.39 is 30.1 Å². The largest absolute Gasteiger partial charge is 0.481 e. The minimum Gasteiger partial charge on any atom is -0.481 e. The summed E-state index contributed by atoms with van der Waals surface area (Å²) >= 11 is 6.03. The third-order valence-corrected chi connectivity index (χ3v) is 6.16. The molecule has 0 unspecified atom stereocenters. The highest BCUT2D eigenvalue weighted by Crippen LogP contribution is 2.45. The van der Waals surface area contributed by atoms with Crippen molar-refractivity contribution >= 4 is 23.5 Å². The number of hydrogen-bond donors (Lipinski definition) is 2. The summed E-state index contributed by atoms with van der Waals surface area (Å²) in [5.41, 5.74) is 1.62. The number of fused-ring (bicyclic) bond motifs is 1. The number of carbonyl (C=O) groups is 2. The van der Waals surface area contributed by atoms with E-state index in [1.807, 2.05) is 0 Å². The van der Waals surface area contributed by atoms with Crippen LogP contribution in [-0.4, -0.2) is 39.1 Å². The van der Waals surface area contributed by atoms with E-state index in [1.54, 1.807) is 53.4 Å². The number of aliphatic hydroxyl groups excluding tert-OH is 1. The highest BCUT2D eigenvalue weighted by molar-refractivity contribution is 6.30. The van der Waals surface area contributed by atoms with Crippen LogP contribution in [0.2, 0.25) is 5.02 Å². The van der Waals surface area contributed by atoms with E-state index >= 15 is 0 Å². The summed E-state index contributed by atoms with van der Waals surface area (Å²) < 4.78 is 0. The average Bonchev–Trinajstić information content (AvgIpc) is 2.69. The lowest BCUT2D eigenvalue weighted by molar-refractivity contribution is -0.141. The molecule has 146 valence electrons. The molecule has 1 aliphatic heterocycles. The van der Waals surface area contributed by atoms with Crippen LogP contribution in [0.5, 0.6) is 0 Å². The first kappa shape index (κ1) is 19.0. The predicted molar refractivity (Wildman–Crippen MR) is 105 cm³/mol. The number of aliphatic carboxylic acids is 1. The van der Waals surface area contributed by atoms with E-state index in [0.29, 0.717) is 34.6 Å². The molecule has 0 saturated heterocycles. The molecule has 2 aromatic rings. The zero-order valence-electron chi connectivity index (χ0n) is 15.3. The quantitative estimate of drug-likeness (QED) is 0.817. The van der Waals surface area contributed by atoms with E-state index in [1.165, 1.54) is 0 Å². The van der Waals surface area contributed by atoms with Gasteiger partial charge in [-0.1, -0.05) is 54.8 Å². The van der Waals surface area contributed by atoms with Gasteiger partial charge in [-0.2, -0.15) is 0 Å². The summed E-state index contributed by atoms with van der Waals surface area (Å²) in [4.78, 5) is 27.5. The van der Waals surface area contributed by atoms with Gasteiger partial charge in [-0.25, -0.2) is 0 Å². The third-order valence-electron chi connectivity index (χ3n) is 5.91. The summed E-state index contributed by atoms with van der Waals surface area (Å²) in [6.45, 7) is 0. The van der Waals surface area contributed by atoms with Gasteiger partial charge in [0.2, 0.25) is 0 Å². The van der Waals surface area contributed by atoms with Crippen LogP contribution in [0, 0.1) is 0 Å². The van der Waals surface area contributed by atoms with Crippen molar-refractivity contribution in [3.8, 4) is 0 Å². The number of amides is 1. The van der Waals surface area contributed by atoms with Gasteiger partial charge in [-0.05, 0) is 42.2 Å². The molecule has 28 heavy (non-hydrogen) atoms. The predicted octanol–water partition coefficient (Wildman–Crippen LogP) is 4.01. The average molecular weight is 400 g/mol. The zero-order chi connectivity index (χ0) is 19.8. The fraction of sp³-hybridized carbons (Fsp3) is 0.364. The van der Waals surface area contributed by atoms with Gasteiger partial charge in [0.1, 0.15) is 5.92 Å². The van der Waals surface area contributed by atoms with Crippen LogP contribution in [0.3, 0.4) is 0 Å². The number of hydrogen-bond acceptors (Lipinski definition) is 3. The van der Waals surface area contributed by atoms with Crippen LogP contribution < -0.4 is 0 Å². The van der Waals surface area contributed by atoms with Crippen molar-refractivity contribution in [2.24, 2.45) is 0 Å². The summed E-state index contributed by atoms with van der Waals surface area (Å²) in [6, 6.07) is 12.7. The Balaban J connectivity index is 1.91. The van der Waals surface area contributed by atoms with Crippen molar-refractivity contribution in [3.05, 3.63) is 70.2 Å². The molecule has 2 aliphatic rings. The lowest BCUT2D eigenvalue weighted by atomic mass is 9.77. The van der Waals surface area contributed by atoms with Gasteiger partial charge in [-0.3, -0.25) is 9.59 Å². The topological polar surface area (TPSA) is 77.8 Å². The number of rotatable bonds is 3. The van der Waals surface area contributed by atoms with Gasteiger partial charge < -0.3 is 15.1 Å². The molecule has 0 aromatic heterocycles. The van der Waals surface area contributed by atoms with Crippen molar-refractivity contribution in [3.63, 3.8) is 0 Å². The fourth-order valence-electron chi connectivity index (χ4n) is 4.61. The van der Waals surface area contributed by atoms with Crippen LogP contribution in [0.15, 0.2) is 48.5 Å². The lowest BCUT2D eigenvalue weighted by Crippen LogP contribution is -2.54. The molecule has 2 N–H and O–H groups in total. The number of nitrogens with zero attached hydrogens (tertiary/aromatic N) is 1. The Morgan fingerprint density at radius 3 is 2.39 bits per heavy atom. The SMILES string of the molecule is O=C(O)[C@@H]1c2ccccc2C(=O)N([C@H]2CCCC[C@@H]2O)[C@H]1c1ccc(Cl)cc1. The monoisotopic (exact) mass is 399 g/mol. The molecule has 1 amide bonds. The molecule has 0 spiro atoms. The maximum atomic E-state index is 13.5. The van der Waals surface area contributed by atoms with Crippen molar-refractivity contribution in [2.75, 3.05) is 0 Å². The van der Waals surface area contributed by atoms with Crippen molar-refractivity contribution < 1.29 is 19.8 Å². The van der Waals surface area contributed by atoms with Crippen molar-refractivity contribution in [1.82, 2.24) is 4.90 Å². The van der Waals surface area contributed by atoms with Crippen molar-refractivity contribution in [2.45, 2.75) is 49.8 Å². The second kappa shape index (κ2) is 7.57. The number of carboxylic acids is 1. The Bertz CT molecular complexity index is 898. The summed E-state index contributed by atoms with van der Waals surface area (Å²) in [5, 5.41) is 21.3. The summed E-state index contributed by atoms with van der Waals surface area (Å²) in [5.74, 6) is -2.13. The van der Waals surface area contributed by atoms with Gasteiger partial charge in [-0.15, -0.1) is 0 Å². The molecule has 5 nitrogen and oxygen atoms in total. The van der Waals surface area contributed by atoms with E-state index in [9.17, 15) is 19.8 Å². The van der Waals surface area contributed by atoms with Gasteiger partial charge in [0.25, 0.3) is 5.91 Å². The minimum absolute atomic E-state index is 0.223. The van der Waals surface area contributed by atoms with Gasteiger partial charge in [0.05, 0.1) is 18.2 Å². The number of carbonyl (C=O) groups excluding carboxylic acids is 1. The molecule has 4 atom stereocenters. The van der Waals surface area contributed by atoms with E-state index in [-0.39, 0.29) is 5.91 Å². The molecule has 1 heterocycles. The molecule has 1 aliphatic carbocycles. The number of aliphatic hydroxyl groups is 1. The highest BCUT2D eigenvalue weighted by Gasteiger charge is 2.48. The normalized spacial score (nSPS) is 27.4. The summed E-state index contributed by atoms with van der Waals surface area (Å²) in [6.07, 6.45) is 2.42. The van der Waals surface area contributed by atoms with Gasteiger partial charge >= 0.3 is 5.97 Å². The van der Waals surface area contributed by atoms with Crippen LogP contribution >= 0.6 is 11.6 Å². The lowest BCUT2D eigenvalue weighted by Gasteiger charge is -2.47. The highest BCUT2D eigenvalue weighted by atomic mass is 35.5. The van der Waals surface area contributed by atoms with Gasteiger partial charge in [0.15, 0.2) is 0 Å².